The minimum absolute atomic E-state index is 0.109. The van der Waals surface area contributed by atoms with Crippen LogP contribution in [-0.4, -0.2) is 93.1 Å². The topological polar surface area (TPSA) is 33.2 Å². The molecule has 0 aromatic carbocycles. The fourth-order valence-electron chi connectivity index (χ4n) is 2.02. The van der Waals surface area contributed by atoms with Crippen molar-refractivity contribution in [2.45, 2.75) is 12.0 Å². The van der Waals surface area contributed by atoms with E-state index in [9.17, 15) is 5.11 Å². The molecule has 0 saturated carbocycles. The van der Waals surface area contributed by atoms with Crippen LogP contribution in [0.5, 0.6) is 0 Å². The molecule has 5 nitrogen and oxygen atoms in total. The van der Waals surface area contributed by atoms with Crippen LogP contribution in [0.4, 0.5) is 0 Å². The van der Waals surface area contributed by atoms with Crippen LogP contribution in [0, 0.1) is 0 Å². The van der Waals surface area contributed by atoms with Gasteiger partial charge in [-0.2, -0.15) is 0 Å². The number of aliphatic hydroxyl groups is 1. The summed E-state index contributed by atoms with van der Waals surface area (Å²) in [6.45, 7) is 0. The van der Waals surface area contributed by atoms with Gasteiger partial charge in [-0.25, -0.2) is 0 Å². The monoisotopic (exact) mass is 218 g/mol. The zero-order chi connectivity index (χ0) is 12.4. The van der Waals surface area contributed by atoms with Gasteiger partial charge < -0.3 is 5.11 Å². The molecule has 0 heterocycles. The number of hydrogen-bond donors (Lipinski definition) is 1. The summed E-state index contributed by atoms with van der Waals surface area (Å²) in [6.07, 6.45) is -0.109. The van der Waals surface area contributed by atoms with E-state index in [4.69, 9.17) is 0 Å². The van der Waals surface area contributed by atoms with Crippen LogP contribution in [0.15, 0.2) is 0 Å². The molecule has 0 aliphatic carbocycles. The highest BCUT2D eigenvalue weighted by Crippen LogP contribution is 2.21. The van der Waals surface area contributed by atoms with E-state index in [1.165, 1.54) is 0 Å². The Hall–Kier alpha value is -0.200. The summed E-state index contributed by atoms with van der Waals surface area (Å²) in [7, 11) is 15.3. The summed E-state index contributed by atoms with van der Waals surface area (Å²) in [5, 5.41) is 10.7. The van der Waals surface area contributed by atoms with E-state index >= 15 is 0 Å². The van der Waals surface area contributed by atoms with Crippen molar-refractivity contribution in [1.29, 1.82) is 0 Å². The van der Waals surface area contributed by atoms with Crippen molar-refractivity contribution in [3.63, 3.8) is 0 Å². The maximum atomic E-state index is 10.7. The third kappa shape index (κ3) is 2.89. The van der Waals surface area contributed by atoms with E-state index in [0.717, 1.165) is 0 Å². The quantitative estimate of drug-likeness (QED) is 0.611. The van der Waals surface area contributed by atoms with E-state index in [0.29, 0.717) is 0 Å². The van der Waals surface area contributed by atoms with Gasteiger partial charge in [-0.15, -0.1) is 0 Å². The highest BCUT2D eigenvalue weighted by Gasteiger charge is 2.44. The molecule has 0 bridgehead atoms. The first-order valence-corrected chi connectivity index (χ1v) is 5.05. The lowest BCUT2D eigenvalue weighted by Gasteiger charge is -2.50. The van der Waals surface area contributed by atoms with Gasteiger partial charge in [0.2, 0.25) is 5.85 Å². The zero-order valence-corrected chi connectivity index (χ0v) is 11.3. The Bertz CT molecular complexity index is 176. The second-order valence-electron chi connectivity index (χ2n) is 4.78. The first kappa shape index (κ1) is 14.8. The van der Waals surface area contributed by atoms with E-state index < -0.39 is 5.85 Å². The molecule has 0 aliphatic rings. The number of hydrogen-bond acceptors (Lipinski definition) is 5. The third-order valence-corrected chi connectivity index (χ3v) is 2.64. The van der Waals surface area contributed by atoms with Gasteiger partial charge in [-0.3, -0.25) is 19.6 Å². The Morgan fingerprint density at radius 3 is 1.07 bits per heavy atom. The van der Waals surface area contributed by atoms with Gasteiger partial charge in [-0.05, 0) is 56.4 Å². The van der Waals surface area contributed by atoms with E-state index in [1.807, 2.05) is 76.0 Å². The van der Waals surface area contributed by atoms with E-state index in [2.05, 4.69) is 0 Å². The molecule has 0 atom stereocenters. The van der Waals surface area contributed by atoms with E-state index in [-0.39, 0.29) is 6.17 Å². The van der Waals surface area contributed by atoms with Crippen LogP contribution < -0.4 is 0 Å². The van der Waals surface area contributed by atoms with E-state index in [1.54, 1.807) is 0 Å². The lowest BCUT2D eigenvalue weighted by molar-refractivity contribution is -0.246. The maximum absolute atomic E-state index is 10.7. The molecule has 0 aliphatic heterocycles. The summed E-state index contributed by atoms with van der Waals surface area (Å²) in [5.41, 5.74) is 0. The van der Waals surface area contributed by atoms with Crippen molar-refractivity contribution in [3.05, 3.63) is 0 Å². The molecule has 0 aromatic heterocycles. The molecule has 0 amide bonds. The molecule has 0 saturated heterocycles. The Labute approximate surface area is 93.9 Å². The minimum Gasteiger partial charge on any atom is -0.360 e. The minimum atomic E-state index is -1.02. The Morgan fingerprint density at radius 2 is 1.00 bits per heavy atom. The van der Waals surface area contributed by atoms with Gasteiger partial charge in [-0.1, -0.05) is 0 Å². The molecular weight excluding hydrogens is 192 g/mol. The highest BCUT2D eigenvalue weighted by atomic mass is 16.3. The van der Waals surface area contributed by atoms with Gasteiger partial charge >= 0.3 is 0 Å². The normalized spacial score (nSPS) is 14.0. The highest BCUT2D eigenvalue weighted by molar-refractivity contribution is 4.85. The summed E-state index contributed by atoms with van der Waals surface area (Å²) in [5.74, 6) is -1.02. The Kier molecular flexibility index (Phi) is 5.16. The molecule has 92 valence electrons. The molecule has 15 heavy (non-hydrogen) atoms. The summed E-state index contributed by atoms with van der Waals surface area (Å²) < 4.78 is 0. The molecule has 0 rings (SSSR count). The van der Waals surface area contributed by atoms with Crippen molar-refractivity contribution in [2.75, 3.05) is 56.4 Å². The standard InChI is InChI=1S/C10H26N4O/c1-11(2)9(12(3)4)10(15,13(5)6)14(7)8/h9,15H,1-8H3. The van der Waals surface area contributed by atoms with Crippen LogP contribution in [0.2, 0.25) is 0 Å². The first-order chi connectivity index (χ1) is 6.65. The van der Waals surface area contributed by atoms with Gasteiger partial charge in [0.05, 0.1) is 0 Å². The Balaban J connectivity index is 5.19. The lowest BCUT2D eigenvalue weighted by atomic mass is 10.2. The molecule has 1 N–H and O–H groups in total. The third-order valence-electron chi connectivity index (χ3n) is 2.64. The largest absolute Gasteiger partial charge is 0.360 e. The zero-order valence-electron chi connectivity index (χ0n) is 11.3. The molecule has 0 aromatic rings. The predicted octanol–water partition coefficient (Wildman–Crippen LogP) is -0.795. The second-order valence-corrected chi connectivity index (χ2v) is 4.78. The van der Waals surface area contributed by atoms with Crippen LogP contribution in [-0.2, 0) is 0 Å². The van der Waals surface area contributed by atoms with Crippen LogP contribution in [0.1, 0.15) is 0 Å². The number of nitrogens with zero attached hydrogens (tertiary/aromatic N) is 4. The molecule has 0 radical (unpaired) electrons. The first-order valence-electron chi connectivity index (χ1n) is 5.05. The fourth-order valence-corrected chi connectivity index (χ4v) is 2.02. The van der Waals surface area contributed by atoms with Gasteiger partial charge in [0.15, 0.2) is 0 Å². The van der Waals surface area contributed by atoms with Crippen molar-refractivity contribution < 1.29 is 5.11 Å². The van der Waals surface area contributed by atoms with Crippen LogP contribution in [0.25, 0.3) is 0 Å². The molecule has 0 fully saturated rings. The molecular formula is C10H26N4O. The van der Waals surface area contributed by atoms with Gasteiger partial charge in [0.25, 0.3) is 0 Å². The van der Waals surface area contributed by atoms with Crippen molar-refractivity contribution in [1.82, 2.24) is 19.6 Å². The molecule has 0 unspecified atom stereocenters. The van der Waals surface area contributed by atoms with Gasteiger partial charge in [0, 0.05) is 0 Å². The number of rotatable bonds is 5. The predicted molar refractivity (Wildman–Crippen MR) is 63.5 cm³/mol. The maximum Gasteiger partial charge on any atom is 0.206 e. The lowest BCUT2D eigenvalue weighted by Crippen LogP contribution is -2.70. The van der Waals surface area contributed by atoms with Crippen LogP contribution in [0.3, 0.4) is 0 Å². The van der Waals surface area contributed by atoms with Crippen molar-refractivity contribution in [2.24, 2.45) is 0 Å². The molecule has 5 heteroatoms. The summed E-state index contributed by atoms with van der Waals surface area (Å²) in [6, 6.07) is 0. The fraction of sp³-hybridized carbons (Fsp3) is 1.00. The van der Waals surface area contributed by atoms with Crippen molar-refractivity contribution >= 4 is 0 Å². The van der Waals surface area contributed by atoms with Crippen molar-refractivity contribution in [3.8, 4) is 0 Å². The smallest absolute Gasteiger partial charge is 0.206 e. The number of likely N-dealkylation sites (N-methyl/N-ethyl adjacent to an activating group) is 4. The van der Waals surface area contributed by atoms with Gasteiger partial charge in [0.1, 0.15) is 6.17 Å². The SMILES string of the molecule is CN(C)C(N(C)C)C(O)(N(C)C)N(C)C. The molecule has 0 spiro atoms. The second kappa shape index (κ2) is 5.23. The summed E-state index contributed by atoms with van der Waals surface area (Å²) in [4.78, 5) is 7.63. The summed E-state index contributed by atoms with van der Waals surface area (Å²) >= 11 is 0. The van der Waals surface area contributed by atoms with Crippen LogP contribution >= 0.6 is 0 Å². The Morgan fingerprint density at radius 1 is 0.733 bits per heavy atom. The average Bonchev–Trinajstić information content (AvgIpc) is 2.01. The average molecular weight is 218 g/mol.